The Labute approximate surface area is 195 Å². The summed E-state index contributed by atoms with van der Waals surface area (Å²) < 4.78 is 0. The Morgan fingerprint density at radius 1 is 0.846 bits per heavy atom. The molecule has 0 fully saturated rings. The van der Waals surface area contributed by atoms with Crippen LogP contribution in [-0.4, -0.2) is 59.6 Å². The Bertz CT molecular complexity index is 390. The molecule has 0 aliphatic carbocycles. The number of halogens is 1. The van der Waals surface area contributed by atoms with Crippen molar-refractivity contribution < 1.29 is 25.6 Å². The maximum Gasteiger partial charge on any atom is 5.00 e. The van der Waals surface area contributed by atoms with Crippen molar-refractivity contribution in [2.45, 2.75) is 44.7 Å². The van der Waals surface area contributed by atoms with E-state index in [1.165, 1.54) is 0 Å². The molecule has 0 aromatic heterocycles. The summed E-state index contributed by atoms with van der Waals surface area (Å²) in [5.41, 5.74) is 0. The standard InChI is InChI=1S/C12H28N2S2.C6H5ClS.O.Tc/c1-11(2)14(12(3)4)6-5-13(7-9-15)8-10-16;7-5-1-3-6(8)4-2-5;;/h11-12,15-16H,5-10H2,1-4H3;1-4,8H;;/q;;-2;+5/p-3. The molecule has 0 saturated heterocycles. The van der Waals surface area contributed by atoms with Crippen LogP contribution in [-0.2, 0) is 63.5 Å². The molecule has 1 aromatic rings. The van der Waals surface area contributed by atoms with E-state index in [1.54, 1.807) is 24.3 Å². The van der Waals surface area contributed by atoms with Gasteiger partial charge in [-0.2, -0.15) is 16.4 Å². The molecule has 0 unspecified atom stereocenters. The minimum absolute atomic E-state index is 0. The maximum atomic E-state index is 5.57. The van der Waals surface area contributed by atoms with E-state index in [9.17, 15) is 0 Å². The second kappa shape index (κ2) is 19.3. The molecule has 0 amide bonds. The fraction of sp³-hybridized carbons (Fsp3) is 0.667. The van der Waals surface area contributed by atoms with Gasteiger partial charge in [0.15, 0.2) is 0 Å². The Hall–Kier alpha value is 0.959. The third-order valence-corrected chi connectivity index (χ3v) is 4.52. The summed E-state index contributed by atoms with van der Waals surface area (Å²) in [5, 5.41) is 0.735. The first-order valence-corrected chi connectivity index (χ1v) is 10.3. The van der Waals surface area contributed by atoms with Gasteiger partial charge in [0.25, 0.3) is 0 Å². The van der Waals surface area contributed by atoms with Crippen molar-refractivity contribution in [1.29, 1.82) is 0 Å². The molecular formula is C18H30ClN2OS3Tc. The summed E-state index contributed by atoms with van der Waals surface area (Å²) in [6.07, 6.45) is 0. The van der Waals surface area contributed by atoms with Gasteiger partial charge in [0, 0.05) is 30.2 Å². The minimum atomic E-state index is 0. The molecule has 1 aromatic carbocycles. The Morgan fingerprint density at radius 2 is 1.27 bits per heavy atom. The van der Waals surface area contributed by atoms with Crippen LogP contribution in [0.25, 0.3) is 0 Å². The fourth-order valence-corrected chi connectivity index (χ4v) is 3.18. The van der Waals surface area contributed by atoms with Gasteiger partial charge in [0.1, 0.15) is 0 Å². The third kappa shape index (κ3) is 16.0. The normalized spacial score (nSPS) is 10.4. The van der Waals surface area contributed by atoms with Crippen LogP contribution in [0.2, 0.25) is 5.02 Å². The predicted octanol–water partition coefficient (Wildman–Crippen LogP) is 3.63. The summed E-state index contributed by atoms with van der Waals surface area (Å²) >= 11 is 20.5. The van der Waals surface area contributed by atoms with Crippen molar-refractivity contribution in [1.82, 2.24) is 9.80 Å². The first kappa shape index (κ1) is 31.6. The van der Waals surface area contributed by atoms with E-state index in [0.717, 1.165) is 47.6 Å². The van der Waals surface area contributed by atoms with Crippen LogP contribution in [0.15, 0.2) is 29.2 Å². The number of rotatable bonds is 9. The summed E-state index contributed by atoms with van der Waals surface area (Å²) in [7, 11) is 0. The second-order valence-corrected chi connectivity index (χ2v) is 7.85. The van der Waals surface area contributed by atoms with Gasteiger partial charge in [-0.3, -0.25) is 4.90 Å². The molecule has 0 atom stereocenters. The molecule has 0 spiro atoms. The van der Waals surface area contributed by atoms with Gasteiger partial charge in [-0.25, -0.2) is 0 Å². The van der Waals surface area contributed by atoms with Gasteiger partial charge < -0.3 is 48.3 Å². The number of hydrogen-bond donors (Lipinski definition) is 0. The predicted molar refractivity (Wildman–Crippen MR) is 116 cm³/mol. The molecule has 0 aliphatic rings. The van der Waals surface area contributed by atoms with Crippen molar-refractivity contribution in [3.8, 4) is 0 Å². The van der Waals surface area contributed by atoms with Crippen LogP contribution >= 0.6 is 11.6 Å². The van der Waals surface area contributed by atoms with Crippen molar-refractivity contribution >= 4 is 49.5 Å². The van der Waals surface area contributed by atoms with Crippen LogP contribution < -0.4 is 0 Å². The average Bonchev–Trinajstić information content (AvgIpc) is 2.51. The van der Waals surface area contributed by atoms with Gasteiger partial charge in [-0.1, -0.05) is 23.7 Å². The molecule has 8 heteroatoms. The molecule has 0 heterocycles. The maximum absolute atomic E-state index is 5.57. The van der Waals surface area contributed by atoms with E-state index in [1.807, 2.05) is 0 Å². The fourth-order valence-electron chi connectivity index (χ4n) is 2.40. The van der Waals surface area contributed by atoms with Crippen molar-refractivity contribution in [3.63, 3.8) is 0 Å². The second-order valence-electron chi connectivity index (χ2n) is 6.13. The smallest absolute Gasteiger partial charge is 2.00 e. The van der Waals surface area contributed by atoms with E-state index < -0.39 is 0 Å². The molecular weight excluding hydrogens is 490 g/mol. The molecule has 0 aliphatic heterocycles. The summed E-state index contributed by atoms with van der Waals surface area (Å²) in [5.74, 6) is 1.61. The first-order valence-electron chi connectivity index (χ1n) is 8.38. The summed E-state index contributed by atoms with van der Waals surface area (Å²) in [4.78, 5) is 5.73. The summed E-state index contributed by atoms with van der Waals surface area (Å²) in [6, 6.07) is 8.38. The zero-order valence-corrected chi connectivity index (χ0v) is 21.1. The molecule has 3 nitrogen and oxygen atoms in total. The van der Waals surface area contributed by atoms with Crippen LogP contribution in [0, 0.1) is 0 Å². The van der Waals surface area contributed by atoms with Crippen LogP contribution in [0.4, 0.5) is 0 Å². The van der Waals surface area contributed by atoms with E-state index in [2.05, 4.69) is 37.5 Å². The van der Waals surface area contributed by atoms with Gasteiger partial charge in [0.2, 0.25) is 0 Å². The van der Waals surface area contributed by atoms with E-state index in [0.29, 0.717) is 12.1 Å². The first-order chi connectivity index (χ1) is 11.3. The SMILES string of the molecule is CC(C)N(CCN(CC[S-])CC[S-])C(C)C.[O-2].[S-]c1ccc(Cl)cc1.[Tc+5]. The van der Waals surface area contributed by atoms with E-state index in [4.69, 9.17) is 49.5 Å². The Kier molecular flexibility index (Phi) is 23.5. The monoisotopic (exact) mass is 518 g/mol. The molecule has 0 radical (unpaired) electrons. The Balaban J connectivity index is -0.000000447. The quantitative estimate of drug-likeness (QED) is 0.466. The van der Waals surface area contributed by atoms with Gasteiger partial charge in [-0.15, -0.1) is 0 Å². The van der Waals surface area contributed by atoms with Crippen molar-refractivity contribution in [2.24, 2.45) is 0 Å². The molecule has 0 bridgehead atoms. The largest absolute Gasteiger partial charge is 5.00 e. The zero-order valence-electron chi connectivity index (χ0n) is 16.0. The number of nitrogens with zero attached hydrogens (tertiary/aromatic N) is 2. The van der Waals surface area contributed by atoms with E-state index in [-0.39, 0.29) is 25.6 Å². The minimum Gasteiger partial charge on any atom is -2.00 e. The van der Waals surface area contributed by atoms with Gasteiger partial charge in [-0.05, 0) is 52.9 Å². The molecule has 0 N–H and O–H groups in total. The topological polar surface area (TPSA) is 35.0 Å². The zero-order chi connectivity index (χ0) is 18.5. The van der Waals surface area contributed by atoms with Gasteiger partial charge in [0.05, 0.1) is 0 Å². The van der Waals surface area contributed by atoms with Crippen LogP contribution in [0.3, 0.4) is 0 Å². The third-order valence-electron chi connectivity index (χ3n) is 3.63. The molecule has 150 valence electrons. The van der Waals surface area contributed by atoms with Crippen LogP contribution in [0.5, 0.6) is 0 Å². The molecule has 26 heavy (non-hydrogen) atoms. The van der Waals surface area contributed by atoms with Crippen LogP contribution in [0.1, 0.15) is 27.7 Å². The number of hydrogen-bond acceptors (Lipinski definition) is 5. The summed E-state index contributed by atoms with van der Waals surface area (Å²) in [6.45, 7) is 13.2. The van der Waals surface area contributed by atoms with Gasteiger partial charge >= 0.3 is 20.1 Å². The Morgan fingerprint density at radius 3 is 1.58 bits per heavy atom. The number of benzene rings is 1. The molecule has 0 saturated carbocycles. The average molecular weight is 520 g/mol. The van der Waals surface area contributed by atoms with E-state index >= 15 is 0 Å². The van der Waals surface area contributed by atoms with Crippen molar-refractivity contribution in [2.75, 3.05) is 37.7 Å². The molecule has 1 rings (SSSR count). The van der Waals surface area contributed by atoms with Crippen molar-refractivity contribution in [3.05, 3.63) is 29.3 Å².